The number of rotatable bonds is 7. The molecular formula is C27H32N6O2. The number of imidazole rings is 1. The lowest BCUT2D eigenvalue weighted by Gasteiger charge is -2.12. The zero-order valence-electron chi connectivity index (χ0n) is 20.9. The number of amides is 2. The third kappa shape index (κ3) is 5.26. The molecule has 2 aromatic heterocycles. The van der Waals surface area contributed by atoms with Gasteiger partial charge >= 0.3 is 11.7 Å². The minimum absolute atomic E-state index is 0.0829. The highest BCUT2D eigenvalue weighted by Gasteiger charge is 2.17. The zero-order valence-corrected chi connectivity index (χ0v) is 20.9. The number of nitrogens with zero attached hydrogens (tertiary/aromatic N) is 4. The van der Waals surface area contributed by atoms with Crippen LogP contribution in [0.4, 0.5) is 4.79 Å². The van der Waals surface area contributed by atoms with E-state index in [1.807, 2.05) is 56.3 Å². The van der Waals surface area contributed by atoms with Gasteiger partial charge in [-0.15, -0.1) is 0 Å². The second-order valence-corrected chi connectivity index (χ2v) is 9.37. The van der Waals surface area contributed by atoms with E-state index < -0.39 is 0 Å². The van der Waals surface area contributed by atoms with E-state index in [1.165, 1.54) is 5.56 Å². The first-order chi connectivity index (χ1) is 16.7. The Morgan fingerprint density at radius 3 is 2.37 bits per heavy atom. The quantitative estimate of drug-likeness (QED) is 0.422. The third-order valence-electron chi connectivity index (χ3n) is 5.95. The lowest BCUT2D eigenvalue weighted by molar-refractivity contribution is 0.238. The summed E-state index contributed by atoms with van der Waals surface area (Å²) in [4.78, 5) is 34.3. The van der Waals surface area contributed by atoms with Gasteiger partial charge in [0.05, 0.1) is 12.7 Å². The Morgan fingerprint density at radius 2 is 1.69 bits per heavy atom. The number of benzene rings is 2. The lowest BCUT2D eigenvalue weighted by Crippen LogP contribution is -2.39. The number of hydrogen-bond donors (Lipinski definition) is 2. The van der Waals surface area contributed by atoms with Crippen LogP contribution in [0.3, 0.4) is 0 Å². The van der Waals surface area contributed by atoms with E-state index >= 15 is 0 Å². The molecule has 0 atom stereocenters. The van der Waals surface area contributed by atoms with Gasteiger partial charge in [-0.25, -0.2) is 19.6 Å². The molecule has 0 aliphatic rings. The molecule has 8 heteroatoms. The smallest absolute Gasteiger partial charge is 0.330 e. The highest BCUT2D eigenvalue weighted by molar-refractivity contribution is 5.75. The molecule has 182 valence electrons. The highest BCUT2D eigenvalue weighted by atomic mass is 16.2. The molecule has 0 aliphatic heterocycles. The fraction of sp³-hybridized carbons (Fsp3) is 0.333. The Balaban J connectivity index is 1.61. The van der Waals surface area contributed by atoms with Gasteiger partial charge in [0.1, 0.15) is 5.52 Å². The molecule has 2 amide bonds. The van der Waals surface area contributed by atoms with Gasteiger partial charge < -0.3 is 10.6 Å². The average Bonchev–Trinajstić information content (AvgIpc) is 3.07. The van der Waals surface area contributed by atoms with Crippen molar-refractivity contribution in [1.29, 1.82) is 0 Å². The Bertz CT molecular complexity index is 1400. The molecule has 2 aromatic carbocycles. The van der Waals surface area contributed by atoms with Crippen LogP contribution in [0.5, 0.6) is 0 Å². The second-order valence-electron chi connectivity index (χ2n) is 9.37. The lowest BCUT2D eigenvalue weighted by atomic mass is 9.97. The molecule has 0 fully saturated rings. The number of nitrogens with one attached hydrogen (secondary N) is 2. The van der Waals surface area contributed by atoms with E-state index in [4.69, 9.17) is 4.98 Å². The van der Waals surface area contributed by atoms with Gasteiger partial charge in [-0.1, -0.05) is 62.4 Å². The van der Waals surface area contributed by atoms with Crippen LogP contribution in [0, 0.1) is 0 Å². The summed E-state index contributed by atoms with van der Waals surface area (Å²) in [5.74, 6) is 0.940. The van der Waals surface area contributed by atoms with Crippen molar-refractivity contribution in [3.05, 3.63) is 81.9 Å². The minimum atomic E-state index is -0.194. The summed E-state index contributed by atoms with van der Waals surface area (Å²) in [5.41, 5.74) is 5.26. The molecule has 0 spiro atoms. The van der Waals surface area contributed by atoms with E-state index in [0.717, 1.165) is 16.7 Å². The Hall–Kier alpha value is -3.94. The first-order valence-corrected chi connectivity index (χ1v) is 11.9. The minimum Gasteiger partial charge on any atom is -0.336 e. The summed E-state index contributed by atoms with van der Waals surface area (Å²) in [5, 5.41) is 5.65. The molecule has 0 radical (unpaired) electrons. The van der Waals surface area contributed by atoms with Crippen molar-refractivity contribution in [2.24, 2.45) is 7.05 Å². The van der Waals surface area contributed by atoms with Crippen molar-refractivity contribution in [1.82, 2.24) is 29.7 Å². The standard InChI is InChI=1S/C27H32N6O2/c1-17(2)21-8-6-7-9-22(21)24-28-15-23-25(31-24)33(27(35)32(23)5)16-20-12-10-19(11-13-20)14-29-26(34)30-18(3)4/h6-13,15,17-18H,14,16H2,1-5H3,(H2,29,30,34). The van der Waals surface area contributed by atoms with E-state index in [2.05, 4.69) is 35.5 Å². The molecule has 0 aliphatic carbocycles. The SMILES string of the molecule is CC(C)NC(=O)NCc1ccc(Cn2c(=O)n(C)c3cnc(-c4ccccc4C(C)C)nc32)cc1. The van der Waals surface area contributed by atoms with E-state index in [1.54, 1.807) is 22.4 Å². The fourth-order valence-electron chi connectivity index (χ4n) is 4.09. The first kappa shape index (κ1) is 24.2. The molecule has 0 saturated carbocycles. The molecular weight excluding hydrogens is 440 g/mol. The van der Waals surface area contributed by atoms with Crippen molar-refractivity contribution < 1.29 is 4.79 Å². The first-order valence-electron chi connectivity index (χ1n) is 11.9. The molecule has 0 unspecified atom stereocenters. The van der Waals surface area contributed by atoms with Crippen LogP contribution >= 0.6 is 0 Å². The summed E-state index contributed by atoms with van der Waals surface area (Å²) < 4.78 is 3.26. The normalized spacial score (nSPS) is 11.4. The maximum absolute atomic E-state index is 13.1. The molecule has 35 heavy (non-hydrogen) atoms. The zero-order chi connectivity index (χ0) is 25.1. The van der Waals surface area contributed by atoms with Crippen molar-refractivity contribution in [3.63, 3.8) is 0 Å². The van der Waals surface area contributed by atoms with Crippen LogP contribution < -0.4 is 16.3 Å². The van der Waals surface area contributed by atoms with E-state index in [9.17, 15) is 9.59 Å². The van der Waals surface area contributed by atoms with Crippen LogP contribution in [-0.4, -0.2) is 31.2 Å². The molecule has 0 saturated heterocycles. The van der Waals surface area contributed by atoms with Crippen LogP contribution in [0.1, 0.15) is 50.3 Å². The van der Waals surface area contributed by atoms with Crippen LogP contribution in [0.25, 0.3) is 22.6 Å². The largest absolute Gasteiger partial charge is 0.336 e. The van der Waals surface area contributed by atoms with Gasteiger partial charge in [0.25, 0.3) is 0 Å². The Kier molecular flexibility index (Phi) is 7.00. The Labute approximate surface area is 205 Å². The predicted molar refractivity (Wildman–Crippen MR) is 138 cm³/mol. The monoisotopic (exact) mass is 472 g/mol. The maximum Gasteiger partial charge on any atom is 0.330 e. The number of carbonyl (C=O) groups is 1. The number of urea groups is 1. The van der Waals surface area contributed by atoms with Crippen LogP contribution in [0.2, 0.25) is 0 Å². The molecule has 8 nitrogen and oxygen atoms in total. The number of carbonyl (C=O) groups excluding carboxylic acids is 1. The second kappa shape index (κ2) is 10.1. The molecule has 0 bridgehead atoms. The predicted octanol–water partition coefficient (Wildman–Crippen LogP) is 4.18. The van der Waals surface area contributed by atoms with Crippen molar-refractivity contribution in [3.8, 4) is 11.4 Å². The summed E-state index contributed by atoms with van der Waals surface area (Å²) in [6.45, 7) is 8.94. The molecule has 4 aromatic rings. The van der Waals surface area contributed by atoms with Crippen molar-refractivity contribution >= 4 is 17.2 Å². The summed E-state index contributed by atoms with van der Waals surface area (Å²) >= 11 is 0. The number of fused-ring (bicyclic) bond motifs is 1. The van der Waals surface area contributed by atoms with E-state index in [-0.39, 0.29) is 17.8 Å². The average molecular weight is 473 g/mol. The van der Waals surface area contributed by atoms with E-state index in [0.29, 0.717) is 36.0 Å². The van der Waals surface area contributed by atoms with Crippen LogP contribution in [0.15, 0.2) is 59.5 Å². The maximum atomic E-state index is 13.1. The number of aryl methyl sites for hydroxylation is 1. The van der Waals surface area contributed by atoms with Gasteiger partial charge in [-0.2, -0.15) is 0 Å². The molecule has 4 rings (SSSR count). The molecule has 2 N–H and O–H groups in total. The summed E-state index contributed by atoms with van der Waals surface area (Å²) in [6, 6.07) is 15.9. The number of aromatic nitrogens is 4. The topological polar surface area (TPSA) is 93.8 Å². The Morgan fingerprint density at radius 1 is 1.00 bits per heavy atom. The van der Waals surface area contributed by atoms with Gasteiger partial charge in [-0.3, -0.25) is 9.13 Å². The summed E-state index contributed by atoms with van der Waals surface area (Å²) in [6.07, 6.45) is 1.73. The fourth-order valence-corrected chi connectivity index (χ4v) is 4.09. The third-order valence-corrected chi connectivity index (χ3v) is 5.95. The van der Waals surface area contributed by atoms with Gasteiger partial charge in [0.15, 0.2) is 11.5 Å². The molecule has 2 heterocycles. The van der Waals surface area contributed by atoms with Crippen molar-refractivity contribution in [2.45, 2.75) is 52.7 Å². The van der Waals surface area contributed by atoms with Crippen LogP contribution in [-0.2, 0) is 20.1 Å². The number of hydrogen-bond acceptors (Lipinski definition) is 4. The van der Waals surface area contributed by atoms with Gasteiger partial charge in [0.2, 0.25) is 0 Å². The van der Waals surface area contributed by atoms with Gasteiger partial charge in [0, 0.05) is 25.2 Å². The van der Waals surface area contributed by atoms with Crippen molar-refractivity contribution in [2.75, 3.05) is 0 Å². The summed E-state index contributed by atoms with van der Waals surface area (Å²) in [7, 11) is 1.74. The van der Waals surface area contributed by atoms with Gasteiger partial charge in [-0.05, 0) is 36.5 Å². The highest BCUT2D eigenvalue weighted by Crippen LogP contribution is 2.27.